The average Bonchev–Trinajstić information content (AvgIpc) is 2.98. The lowest BCUT2D eigenvalue weighted by Gasteiger charge is -2.25. The summed E-state index contributed by atoms with van der Waals surface area (Å²) in [6.07, 6.45) is 0.683. The van der Waals surface area contributed by atoms with Gasteiger partial charge in [0.2, 0.25) is 0 Å². The largest absolute Gasteiger partial charge is 0.507 e. The van der Waals surface area contributed by atoms with Crippen molar-refractivity contribution in [3.05, 3.63) is 63.7 Å². The van der Waals surface area contributed by atoms with Gasteiger partial charge in [-0.25, -0.2) is 0 Å². The first-order valence-electron chi connectivity index (χ1n) is 10.6. The molecule has 0 aromatic heterocycles. The molecule has 1 heterocycles. The van der Waals surface area contributed by atoms with Gasteiger partial charge in [-0.1, -0.05) is 30.7 Å². The van der Waals surface area contributed by atoms with Gasteiger partial charge in [-0.2, -0.15) is 0 Å². The lowest BCUT2D eigenvalue weighted by atomic mass is 9.94. The van der Waals surface area contributed by atoms with Gasteiger partial charge < -0.3 is 19.5 Å². The monoisotopic (exact) mass is 457 g/mol. The fourth-order valence-electron chi connectivity index (χ4n) is 3.96. The van der Waals surface area contributed by atoms with E-state index in [1.807, 2.05) is 39.8 Å². The molecule has 170 valence electrons. The minimum absolute atomic E-state index is 0.0148. The van der Waals surface area contributed by atoms with Crippen molar-refractivity contribution in [2.45, 2.75) is 46.3 Å². The Morgan fingerprint density at radius 2 is 1.84 bits per heavy atom. The fourth-order valence-corrected chi connectivity index (χ4v) is 4.31. The van der Waals surface area contributed by atoms with E-state index in [-0.39, 0.29) is 28.7 Å². The van der Waals surface area contributed by atoms with Crippen LogP contribution < -0.4 is 9.47 Å². The second kappa shape index (κ2) is 9.65. The number of likely N-dealkylation sites (tertiary alicyclic amines) is 1. The van der Waals surface area contributed by atoms with Crippen molar-refractivity contribution in [2.24, 2.45) is 0 Å². The highest BCUT2D eigenvalue weighted by Gasteiger charge is 2.46. The topological polar surface area (TPSA) is 76.1 Å². The number of hydrogen-bond acceptors (Lipinski definition) is 5. The number of hydrogen-bond donors (Lipinski definition) is 1. The van der Waals surface area contributed by atoms with Crippen LogP contribution in [0.15, 0.2) is 42.0 Å². The summed E-state index contributed by atoms with van der Waals surface area (Å²) in [7, 11) is 1.44. The SMILES string of the molecule is CCCN1C(=O)C(=O)/C(=C(/O)c2cc(C)cc(Cl)c2OC)C1c1ccc(OC(C)C)cc1. The van der Waals surface area contributed by atoms with E-state index in [1.54, 1.807) is 24.3 Å². The Labute approximate surface area is 193 Å². The molecule has 1 aliphatic heterocycles. The molecule has 1 amide bonds. The van der Waals surface area contributed by atoms with Crippen molar-refractivity contribution in [3.63, 3.8) is 0 Å². The highest BCUT2D eigenvalue weighted by Crippen LogP contribution is 2.43. The van der Waals surface area contributed by atoms with Gasteiger partial charge in [-0.05, 0) is 62.6 Å². The molecule has 0 radical (unpaired) electrons. The smallest absolute Gasteiger partial charge is 0.295 e. The summed E-state index contributed by atoms with van der Waals surface area (Å²) >= 11 is 6.31. The molecule has 2 aromatic carbocycles. The van der Waals surface area contributed by atoms with Gasteiger partial charge in [0.25, 0.3) is 11.7 Å². The molecule has 7 heteroatoms. The number of nitrogens with zero attached hydrogens (tertiary/aromatic N) is 1. The summed E-state index contributed by atoms with van der Waals surface area (Å²) in [5, 5.41) is 11.6. The Kier molecular flexibility index (Phi) is 7.14. The van der Waals surface area contributed by atoms with Gasteiger partial charge >= 0.3 is 0 Å². The average molecular weight is 458 g/mol. The zero-order valence-electron chi connectivity index (χ0n) is 18.9. The van der Waals surface area contributed by atoms with E-state index >= 15 is 0 Å². The van der Waals surface area contributed by atoms with Crippen molar-refractivity contribution in [3.8, 4) is 11.5 Å². The van der Waals surface area contributed by atoms with Crippen molar-refractivity contribution < 1.29 is 24.2 Å². The van der Waals surface area contributed by atoms with E-state index < -0.39 is 17.7 Å². The van der Waals surface area contributed by atoms with Gasteiger partial charge in [-0.15, -0.1) is 0 Å². The molecule has 0 saturated carbocycles. The van der Waals surface area contributed by atoms with Gasteiger partial charge in [0.15, 0.2) is 0 Å². The number of rotatable bonds is 7. The van der Waals surface area contributed by atoms with Crippen LogP contribution in [0.3, 0.4) is 0 Å². The van der Waals surface area contributed by atoms with Crippen LogP contribution in [0.5, 0.6) is 11.5 Å². The molecule has 0 bridgehead atoms. The maximum absolute atomic E-state index is 13.1. The number of benzene rings is 2. The summed E-state index contributed by atoms with van der Waals surface area (Å²) in [6.45, 7) is 8.00. The number of halogens is 1. The number of methoxy groups -OCH3 is 1. The van der Waals surface area contributed by atoms with Gasteiger partial charge in [0.1, 0.15) is 17.3 Å². The van der Waals surface area contributed by atoms with Crippen LogP contribution in [0.1, 0.15) is 49.9 Å². The predicted molar refractivity (Wildman–Crippen MR) is 124 cm³/mol. The summed E-state index contributed by atoms with van der Waals surface area (Å²) < 4.78 is 11.1. The van der Waals surface area contributed by atoms with Crippen LogP contribution in [-0.4, -0.2) is 41.5 Å². The molecule has 1 saturated heterocycles. The first-order chi connectivity index (χ1) is 15.2. The molecular weight excluding hydrogens is 430 g/mol. The fraction of sp³-hybridized carbons (Fsp3) is 0.360. The molecule has 1 unspecified atom stereocenters. The van der Waals surface area contributed by atoms with Gasteiger partial charge in [0, 0.05) is 6.54 Å². The van der Waals surface area contributed by atoms with Crippen molar-refractivity contribution >= 4 is 29.1 Å². The van der Waals surface area contributed by atoms with E-state index in [4.69, 9.17) is 21.1 Å². The summed E-state index contributed by atoms with van der Waals surface area (Å²) in [6, 6.07) is 9.88. The second-order valence-corrected chi connectivity index (χ2v) is 8.46. The Morgan fingerprint density at radius 3 is 2.41 bits per heavy atom. The van der Waals surface area contributed by atoms with Crippen LogP contribution in [0.25, 0.3) is 5.76 Å². The van der Waals surface area contributed by atoms with E-state index in [2.05, 4.69) is 0 Å². The van der Waals surface area contributed by atoms with Crippen LogP contribution in [0.2, 0.25) is 5.02 Å². The number of amides is 1. The van der Waals surface area contributed by atoms with Crippen molar-refractivity contribution in [1.29, 1.82) is 0 Å². The summed E-state index contributed by atoms with van der Waals surface area (Å²) in [5.74, 6) is -0.752. The number of ketones is 1. The highest BCUT2D eigenvalue weighted by molar-refractivity contribution is 6.46. The molecule has 1 N–H and O–H groups in total. The summed E-state index contributed by atoms with van der Waals surface area (Å²) in [4.78, 5) is 27.4. The number of Topliss-reactive ketones (excluding diaryl/α,β-unsaturated/α-hetero) is 1. The first-order valence-corrected chi connectivity index (χ1v) is 11.0. The Bertz CT molecular complexity index is 1060. The Morgan fingerprint density at radius 1 is 1.19 bits per heavy atom. The maximum atomic E-state index is 13.1. The van der Waals surface area contributed by atoms with Gasteiger partial charge in [0.05, 0.1) is 35.4 Å². The molecule has 0 spiro atoms. The van der Waals surface area contributed by atoms with Crippen molar-refractivity contribution in [1.82, 2.24) is 4.90 Å². The zero-order valence-corrected chi connectivity index (χ0v) is 19.7. The third-order valence-corrected chi connectivity index (χ3v) is 5.50. The van der Waals surface area contributed by atoms with E-state index in [9.17, 15) is 14.7 Å². The third kappa shape index (κ3) is 4.46. The molecule has 1 fully saturated rings. The standard InChI is InChI=1S/C25H28ClNO5/c1-6-11-27-21(16-7-9-17(10-8-16)32-14(2)3)20(23(29)25(27)30)22(28)18-12-15(4)13-19(26)24(18)31-5/h7-10,12-14,21,28H,6,11H2,1-5H3/b22-20+. The number of aliphatic hydroxyl groups excluding tert-OH is 1. The molecule has 6 nitrogen and oxygen atoms in total. The molecule has 1 atom stereocenters. The predicted octanol–water partition coefficient (Wildman–Crippen LogP) is 5.28. The van der Waals surface area contributed by atoms with Gasteiger partial charge in [-0.3, -0.25) is 9.59 Å². The maximum Gasteiger partial charge on any atom is 0.295 e. The lowest BCUT2D eigenvalue weighted by molar-refractivity contribution is -0.139. The normalized spacial score (nSPS) is 17.8. The molecule has 2 aromatic rings. The number of aliphatic hydroxyl groups is 1. The van der Waals surface area contributed by atoms with Crippen LogP contribution in [-0.2, 0) is 9.59 Å². The molecule has 32 heavy (non-hydrogen) atoms. The molecule has 1 aliphatic rings. The molecule has 3 rings (SSSR count). The lowest BCUT2D eigenvalue weighted by Crippen LogP contribution is -2.30. The minimum atomic E-state index is -0.733. The Hall–Kier alpha value is -2.99. The number of carbonyl (C=O) groups excluding carboxylic acids is 2. The third-order valence-electron chi connectivity index (χ3n) is 5.22. The number of aryl methyl sites for hydroxylation is 1. The van der Waals surface area contributed by atoms with Crippen LogP contribution >= 0.6 is 11.6 Å². The van der Waals surface area contributed by atoms with E-state index in [0.717, 1.165) is 5.56 Å². The van der Waals surface area contributed by atoms with Crippen LogP contribution in [0, 0.1) is 6.92 Å². The van der Waals surface area contributed by atoms with Crippen LogP contribution in [0.4, 0.5) is 0 Å². The molecule has 0 aliphatic carbocycles. The first kappa shape index (κ1) is 23.7. The summed E-state index contributed by atoms with van der Waals surface area (Å²) in [5.41, 5.74) is 1.78. The van der Waals surface area contributed by atoms with Crippen molar-refractivity contribution in [2.75, 3.05) is 13.7 Å². The van der Waals surface area contributed by atoms with E-state index in [0.29, 0.717) is 29.3 Å². The number of carbonyl (C=O) groups is 2. The highest BCUT2D eigenvalue weighted by atomic mass is 35.5. The second-order valence-electron chi connectivity index (χ2n) is 8.06. The molecular formula is C25H28ClNO5. The van der Waals surface area contributed by atoms with E-state index in [1.165, 1.54) is 12.0 Å². The number of ether oxygens (including phenoxy) is 2. The minimum Gasteiger partial charge on any atom is -0.507 e. The Balaban J connectivity index is 2.20. The zero-order chi connectivity index (χ0) is 23.6. The quantitative estimate of drug-likeness (QED) is 0.348.